The molecule has 0 aliphatic rings. The Kier molecular flexibility index (Phi) is 7.19. The number of alkyl carbamates (subject to hydrolysis) is 1. The summed E-state index contributed by atoms with van der Waals surface area (Å²) in [6.07, 6.45) is -1.35. The van der Waals surface area contributed by atoms with Gasteiger partial charge in [0.1, 0.15) is 23.1 Å². The van der Waals surface area contributed by atoms with Crippen LogP contribution in [0.5, 0.6) is 11.5 Å². The largest absolute Gasteiger partial charge is 0.480 e. The average molecular weight is 400 g/mol. The number of benzene rings is 2. The molecule has 0 aliphatic heterocycles. The van der Waals surface area contributed by atoms with E-state index in [-0.39, 0.29) is 0 Å². The van der Waals surface area contributed by atoms with Crippen molar-refractivity contribution in [3.63, 3.8) is 0 Å². The molecule has 2 rings (SSSR count). The van der Waals surface area contributed by atoms with Crippen LogP contribution >= 0.6 is 0 Å². The van der Waals surface area contributed by atoms with Gasteiger partial charge in [-0.25, -0.2) is 9.59 Å². The number of nitrogens with one attached hydrogen (secondary N) is 2. The topological polar surface area (TPSA) is 114 Å². The van der Waals surface area contributed by atoms with E-state index in [1.807, 2.05) is 30.3 Å². The summed E-state index contributed by atoms with van der Waals surface area (Å²) < 4.78 is 10.7. The summed E-state index contributed by atoms with van der Waals surface area (Å²) in [5, 5.41) is 14.0. The second kappa shape index (κ2) is 9.59. The van der Waals surface area contributed by atoms with Crippen LogP contribution in [0.1, 0.15) is 27.2 Å². The summed E-state index contributed by atoms with van der Waals surface area (Å²) in [7, 11) is 0. The number of carbonyl (C=O) groups is 3. The Morgan fingerprint density at radius 2 is 1.55 bits per heavy atom. The molecule has 8 nitrogen and oxygen atoms in total. The van der Waals surface area contributed by atoms with Crippen molar-refractivity contribution in [3.05, 3.63) is 54.6 Å². The number of carboxylic acids is 1. The Labute approximate surface area is 168 Å². The highest BCUT2D eigenvalue weighted by Crippen LogP contribution is 2.22. The Morgan fingerprint density at radius 3 is 2.10 bits per heavy atom. The minimum atomic E-state index is -1.41. The maximum atomic E-state index is 12.2. The van der Waals surface area contributed by atoms with Crippen molar-refractivity contribution >= 4 is 23.7 Å². The molecule has 0 radical (unpaired) electrons. The van der Waals surface area contributed by atoms with Crippen LogP contribution in [0.4, 0.5) is 10.5 Å². The Balaban J connectivity index is 1.90. The minimum absolute atomic E-state index is 0.448. The monoisotopic (exact) mass is 400 g/mol. The van der Waals surface area contributed by atoms with Crippen LogP contribution in [-0.2, 0) is 14.3 Å². The van der Waals surface area contributed by atoms with Gasteiger partial charge in [0.15, 0.2) is 0 Å². The summed E-state index contributed by atoms with van der Waals surface area (Å²) in [5.41, 5.74) is -0.310. The average Bonchev–Trinajstić information content (AvgIpc) is 2.62. The van der Waals surface area contributed by atoms with Gasteiger partial charge in [0, 0.05) is 5.69 Å². The lowest BCUT2D eigenvalue weighted by Crippen LogP contribution is -2.45. The predicted molar refractivity (Wildman–Crippen MR) is 107 cm³/mol. The number of hydrogen-bond acceptors (Lipinski definition) is 5. The lowest BCUT2D eigenvalue weighted by Gasteiger charge is -2.21. The van der Waals surface area contributed by atoms with E-state index < -0.39 is 36.0 Å². The van der Waals surface area contributed by atoms with Gasteiger partial charge in [-0.1, -0.05) is 18.2 Å². The molecule has 0 saturated carbocycles. The highest BCUT2D eigenvalue weighted by molar-refractivity contribution is 5.95. The summed E-state index contributed by atoms with van der Waals surface area (Å²) in [5.74, 6) is -0.631. The molecule has 0 saturated heterocycles. The molecule has 2 aromatic rings. The first-order valence-electron chi connectivity index (χ1n) is 8.97. The van der Waals surface area contributed by atoms with Gasteiger partial charge >= 0.3 is 12.1 Å². The number of anilines is 1. The highest BCUT2D eigenvalue weighted by Gasteiger charge is 2.26. The molecule has 29 heavy (non-hydrogen) atoms. The van der Waals surface area contributed by atoms with Crippen LogP contribution in [0.3, 0.4) is 0 Å². The standard InChI is InChI=1S/C21H24N2O6/c1-21(2,3)29-20(27)23-17(19(25)26)13-18(24)22-14-9-11-16(12-10-14)28-15-7-5-4-6-8-15/h4-12,17H,13H2,1-3H3,(H,22,24)(H,23,27)(H,25,26)/t17-/m0/s1. The van der Waals surface area contributed by atoms with Gasteiger partial charge in [-0.3, -0.25) is 4.79 Å². The van der Waals surface area contributed by atoms with E-state index in [0.29, 0.717) is 17.2 Å². The molecule has 0 spiro atoms. The van der Waals surface area contributed by atoms with Crippen LogP contribution in [0.25, 0.3) is 0 Å². The zero-order chi connectivity index (χ0) is 21.4. The molecular weight excluding hydrogens is 376 g/mol. The maximum absolute atomic E-state index is 12.2. The SMILES string of the molecule is CC(C)(C)OC(=O)N[C@@H](CC(=O)Nc1ccc(Oc2ccccc2)cc1)C(=O)O. The van der Waals surface area contributed by atoms with Crippen molar-refractivity contribution in [3.8, 4) is 11.5 Å². The number of ether oxygens (including phenoxy) is 2. The molecule has 0 fully saturated rings. The summed E-state index contributed by atoms with van der Waals surface area (Å²) in [4.78, 5) is 35.3. The van der Waals surface area contributed by atoms with Crippen molar-refractivity contribution in [2.75, 3.05) is 5.32 Å². The number of rotatable bonds is 7. The van der Waals surface area contributed by atoms with E-state index in [0.717, 1.165) is 0 Å². The minimum Gasteiger partial charge on any atom is -0.480 e. The number of amides is 2. The van der Waals surface area contributed by atoms with Gasteiger partial charge < -0.3 is 25.2 Å². The number of para-hydroxylation sites is 1. The van der Waals surface area contributed by atoms with E-state index in [1.165, 1.54) is 0 Å². The second-order valence-electron chi connectivity index (χ2n) is 7.23. The number of carbonyl (C=O) groups excluding carboxylic acids is 2. The summed E-state index contributed by atoms with van der Waals surface area (Å²) in [6, 6.07) is 14.4. The Hall–Kier alpha value is -3.55. The van der Waals surface area contributed by atoms with Crippen molar-refractivity contribution in [1.82, 2.24) is 5.32 Å². The third kappa shape index (κ3) is 7.92. The van der Waals surface area contributed by atoms with Crippen LogP contribution in [0, 0.1) is 0 Å². The molecule has 0 bridgehead atoms. The fraction of sp³-hybridized carbons (Fsp3) is 0.286. The molecule has 2 aromatic carbocycles. The van der Waals surface area contributed by atoms with Gasteiger partial charge in [0.25, 0.3) is 0 Å². The first-order chi connectivity index (χ1) is 13.6. The Bertz CT molecular complexity index is 844. The normalized spacial score (nSPS) is 11.8. The second-order valence-corrected chi connectivity index (χ2v) is 7.23. The van der Waals surface area contributed by atoms with E-state index in [2.05, 4.69) is 10.6 Å². The molecular formula is C21H24N2O6. The van der Waals surface area contributed by atoms with Gasteiger partial charge in [-0.05, 0) is 57.2 Å². The van der Waals surface area contributed by atoms with Crippen molar-refractivity contribution in [2.24, 2.45) is 0 Å². The molecule has 154 valence electrons. The van der Waals surface area contributed by atoms with Gasteiger partial charge in [0.2, 0.25) is 5.91 Å². The molecule has 1 atom stereocenters. The fourth-order valence-electron chi connectivity index (χ4n) is 2.28. The number of hydrogen-bond donors (Lipinski definition) is 3. The van der Waals surface area contributed by atoms with Crippen LogP contribution < -0.4 is 15.4 Å². The summed E-state index contributed by atoms with van der Waals surface area (Å²) in [6.45, 7) is 4.96. The van der Waals surface area contributed by atoms with E-state index in [9.17, 15) is 19.5 Å². The quantitative estimate of drug-likeness (QED) is 0.652. The zero-order valence-corrected chi connectivity index (χ0v) is 16.5. The Morgan fingerprint density at radius 1 is 0.966 bits per heavy atom. The van der Waals surface area contributed by atoms with Crippen LogP contribution in [0.15, 0.2) is 54.6 Å². The van der Waals surface area contributed by atoms with Gasteiger partial charge in [-0.2, -0.15) is 0 Å². The first-order valence-corrected chi connectivity index (χ1v) is 8.97. The van der Waals surface area contributed by atoms with E-state index >= 15 is 0 Å². The van der Waals surface area contributed by atoms with Crippen LogP contribution in [-0.4, -0.2) is 34.7 Å². The van der Waals surface area contributed by atoms with Crippen molar-refractivity contribution < 1.29 is 29.0 Å². The van der Waals surface area contributed by atoms with Gasteiger partial charge in [0.05, 0.1) is 6.42 Å². The fourth-order valence-corrected chi connectivity index (χ4v) is 2.28. The molecule has 3 N–H and O–H groups in total. The number of aliphatic carboxylic acids is 1. The lowest BCUT2D eigenvalue weighted by atomic mass is 10.2. The first kappa shape index (κ1) is 21.7. The molecule has 8 heteroatoms. The number of carboxylic acid groups (broad SMARTS) is 1. The molecule has 0 aromatic heterocycles. The summed E-state index contributed by atoms with van der Waals surface area (Å²) >= 11 is 0. The molecule has 0 heterocycles. The van der Waals surface area contributed by atoms with E-state index in [1.54, 1.807) is 45.0 Å². The van der Waals surface area contributed by atoms with Crippen LogP contribution in [0.2, 0.25) is 0 Å². The third-order valence-electron chi connectivity index (χ3n) is 3.50. The van der Waals surface area contributed by atoms with Gasteiger partial charge in [-0.15, -0.1) is 0 Å². The molecule has 0 aliphatic carbocycles. The van der Waals surface area contributed by atoms with Crippen molar-refractivity contribution in [2.45, 2.75) is 38.8 Å². The molecule has 0 unspecified atom stereocenters. The predicted octanol–water partition coefficient (Wildman–Crippen LogP) is 3.79. The van der Waals surface area contributed by atoms with Crippen molar-refractivity contribution in [1.29, 1.82) is 0 Å². The lowest BCUT2D eigenvalue weighted by molar-refractivity contribution is -0.141. The maximum Gasteiger partial charge on any atom is 0.408 e. The molecule has 2 amide bonds. The highest BCUT2D eigenvalue weighted by atomic mass is 16.6. The van der Waals surface area contributed by atoms with E-state index in [4.69, 9.17) is 9.47 Å². The smallest absolute Gasteiger partial charge is 0.408 e. The third-order valence-corrected chi connectivity index (χ3v) is 3.50. The zero-order valence-electron chi connectivity index (χ0n) is 16.5.